The molecule has 1 aromatic carbocycles. The highest BCUT2D eigenvalue weighted by molar-refractivity contribution is 6.35. The van der Waals surface area contributed by atoms with Crippen molar-refractivity contribution in [3.8, 4) is 0 Å². The minimum Gasteiger partial charge on any atom is -0.330 e. The quantitative estimate of drug-likeness (QED) is 0.911. The lowest BCUT2D eigenvalue weighted by Gasteiger charge is -2.08. The lowest BCUT2D eigenvalue weighted by Crippen LogP contribution is -2.02. The Balaban J connectivity index is 2.64. The summed E-state index contributed by atoms with van der Waals surface area (Å²) in [4.78, 5) is 4.44. The zero-order valence-corrected chi connectivity index (χ0v) is 10.4. The van der Waals surface area contributed by atoms with Gasteiger partial charge in [-0.25, -0.2) is 4.39 Å². The molecule has 0 saturated heterocycles. The maximum absolute atomic E-state index is 13.5. The molecule has 2 nitrogen and oxygen atoms in total. The maximum Gasteiger partial charge on any atom is 0.124 e. The molecule has 4 heteroatoms. The van der Waals surface area contributed by atoms with Crippen LogP contribution in [0.15, 0.2) is 18.2 Å². The molecule has 0 bridgehead atoms. The van der Waals surface area contributed by atoms with Gasteiger partial charge in [0, 0.05) is 11.1 Å². The Kier molecular flexibility index (Phi) is 3.60. The van der Waals surface area contributed by atoms with Crippen LogP contribution in [0.2, 0.25) is 5.02 Å². The van der Waals surface area contributed by atoms with E-state index < -0.39 is 0 Å². The maximum atomic E-state index is 13.5. The van der Waals surface area contributed by atoms with Crippen molar-refractivity contribution in [1.82, 2.24) is 4.98 Å². The molecule has 2 aromatic rings. The van der Waals surface area contributed by atoms with Gasteiger partial charge in [0.05, 0.1) is 10.5 Å². The highest BCUT2D eigenvalue weighted by Gasteiger charge is 2.09. The Morgan fingerprint density at radius 1 is 1.35 bits per heavy atom. The lowest BCUT2D eigenvalue weighted by molar-refractivity contribution is 0.626. The van der Waals surface area contributed by atoms with Crippen LogP contribution >= 0.6 is 11.6 Å². The van der Waals surface area contributed by atoms with Gasteiger partial charge in [-0.2, -0.15) is 0 Å². The molecule has 0 radical (unpaired) electrons. The summed E-state index contributed by atoms with van der Waals surface area (Å²) < 4.78 is 13.5. The molecule has 2 N–H and O–H groups in total. The molecule has 0 aliphatic rings. The summed E-state index contributed by atoms with van der Waals surface area (Å²) in [7, 11) is 0. The smallest absolute Gasteiger partial charge is 0.124 e. The van der Waals surface area contributed by atoms with Gasteiger partial charge in [0.1, 0.15) is 5.82 Å². The topological polar surface area (TPSA) is 38.9 Å². The minimum absolute atomic E-state index is 0.280. The van der Waals surface area contributed by atoms with Gasteiger partial charge in [0.15, 0.2) is 0 Å². The van der Waals surface area contributed by atoms with Crippen LogP contribution in [0.4, 0.5) is 4.39 Å². The molecule has 1 heterocycles. The van der Waals surface area contributed by atoms with E-state index in [1.165, 1.54) is 12.1 Å². The van der Waals surface area contributed by atoms with E-state index in [1.54, 1.807) is 6.07 Å². The lowest BCUT2D eigenvalue weighted by atomic mass is 10.0. The van der Waals surface area contributed by atoms with Gasteiger partial charge in [0.2, 0.25) is 0 Å². The molecule has 0 saturated carbocycles. The summed E-state index contributed by atoms with van der Waals surface area (Å²) in [5.74, 6) is -0.280. The van der Waals surface area contributed by atoms with Gasteiger partial charge in [0.25, 0.3) is 0 Å². The van der Waals surface area contributed by atoms with Crippen LogP contribution in [-0.2, 0) is 6.42 Å². The Morgan fingerprint density at radius 2 is 2.12 bits per heavy atom. The number of nitrogens with two attached hydrogens (primary N) is 1. The number of aryl methyl sites for hydroxylation is 2. The highest BCUT2D eigenvalue weighted by Crippen LogP contribution is 2.27. The molecule has 90 valence electrons. The summed E-state index contributed by atoms with van der Waals surface area (Å²) in [6.07, 6.45) is 1.53. The van der Waals surface area contributed by atoms with Crippen molar-refractivity contribution in [3.05, 3.63) is 40.3 Å². The van der Waals surface area contributed by atoms with Gasteiger partial charge in [-0.3, -0.25) is 4.98 Å². The van der Waals surface area contributed by atoms with E-state index in [0.29, 0.717) is 17.0 Å². The van der Waals surface area contributed by atoms with Crippen LogP contribution in [0.1, 0.15) is 17.7 Å². The fourth-order valence-corrected chi connectivity index (χ4v) is 2.22. The number of fused-ring (bicyclic) bond motifs is 1. The molecular weight excluding hydrogens is 239 g/mol. The van der Waals surface area contributed by atoms with Crippen LogP contribution in [-0.4, -0.2) is 11.5 Å². The molecule has 17 heavy (non-hydrogen) atoms. The molecule has 1 aromatic heterocycles. The van der Waals surface area contributed by atoms with Crippen molar-refractivity contribution in [2.24, 2.45) is 5.73 Å². The third kappa shape index (κ3) is 2.56. The van der Waals surface area contributed by atoms with Crippen LogP contribution in [0.25, 0.3) is 10.9 Å². The molecule has 0 aliphatic heterocycles. The van der Waals surface area contributed by atoms with Crippen molar-refractivity contribution in [2.45, 2.75) is 19.8 Å². The van der Waals surface area contributed by atoms with Crippen molar-refractivity contribution in [2.75, 3.05) is 6.54 Å². The fraction of sp³-hybridized carbons (Fsp3) is 0.308. The largest absolute Gasteiger partial charge is 0.330 e. The zero-order valence-electron chi connectivity index (χ0n) is 9.63. The first-order valence-electron chi connectivity index (χ1n) is 5.57. The molecule has 0 spiro atoms. The van der Waals surface area contributed by atoms with Crippen LogP contribution < -0.4 is 5.73 Å². The van der Waals surface area contributed by atoms with Crippen molar-refractivity contribution < 1.29 is 4.39 Å². The van der Waals surface area contributed by atoms with E-state index in [1.807, 2.05) is 6.92 Å². The predicted octanol–water partition coefficient (Wildman–Crippen LogP) is 3.23. The second kappa shape index (κ2) is 4.98. The number of nitrogens with zero attached hydrogens (tertiary/aromatic N) is 1. The molecule has 0 aliphatic carbocycles. The number of halogens is 2. The van der Waals surface area contributed by atoms with Gasteiger partial charge < -0.3 is 5.73 Å². The first-order valence-corrected chi connectivity index (χ1v) is 5.95. The van der Waals surface area contributed by atoms with Crippen LogP contribution in [0.5, 0.6) is 0 Å². The summed E-state index contributed by atoms with van der Waals surface area (Å²) >= 11 is 6.11. The van der Waals surface area contributed by atoms with Gasteiger partial charge >= 0.3 is 0 Å². The molecule has 0 atom stereocenters. The Morgan fingerprint density at radius 3 is 2.82 bits per heavy atom. The third-order valence-corrected chi connectivity index (χ3v) is 3.00. The van der Waals surface area contributed by atoms with E-state index >= 15 is 0 Å². The summed E-state index contributed by atoms with van der Waals surface area (Å²) in [6, 6.07) is 4.69. The first-order chi connectivity index (χ1) is 8.11. The van der Waals surface area contributed by atoms with Gasteiger partial charge in [-0.05, 0) is 50.1 Å². The molecule has 0 fully saturated rings. The van der Waals surface area contributed by atoms with Crippen molar-refractivity contribution in [1.29, 1.82) is 0 Å². The molecule has 2 rings (SSSR count). The Hall–Kier alpha value is -1.19. The van der Waals surface area contributed by atoms with Crippen LogP contribution in [0, 0.1) is 12.7 Å². The second-order valence-corrected chi connectivity index (χ2v) is 4.51. The second-order valence-electron chi connectivity index (χ2n) is 4.10. The summed E-state index contributed by atoms with van der Waals surface area (Å²) in [5, 5.41) is 1.21. The average Bonchev–Trinajstić information content (AvgIpc) is 2.27. The summed E-state index contributed by atoms with van der Waals surface area (Å²) in [6.45, 7) is 2.46. The van der Waals surface area contributed by atoms with Crippen molar-refractivity contribution >= 4 is 22.5 Å². The van der Waals surface area contributed by atoms with Crippen molar-refractivity contribution in [3.63, 3.8) is 0 Å². The van der Waals surface area contributed by atoms with E-state index in [9.17, 15) is 4.39 Å². The highest BCUT2D eigenvalue weighted by atomic mass is 35.5. The Labute approximate surface area is 105 Å². The number of hydrogen-bond donors (Lipinski definition) is 1. The van der Waals surface area contributed by atoms with Crippen LogP contribution in [0.3, 0.4) is 0 Å². The molecule has 0 unspecified atom stereocenters. The van der Waals surface area contributed by atoms with Gasteiger partial charge in [-0.1, -0.05) is 11.6 Å². The van der Waals surface area contributed by atoms with E-state index in [-0.39, 0.29) is 5.82 Å². The molecule has 0 amide bonds. The number of pyridine rings is 1. The average molecular weight is 253 g/mol. The normalized spacial score (nSPS) is 11.1. The van der Waals surface area contributed by atoms with Gasteiger partial charge in [-0.15, -0.1) is 0 Å². The van der Waals surface area contributed by atoms with E-state index in [2.05, 4.69) is 4.98 Å². The fourth-order valence-electron chi connectivity index (χ4n) is 1.92. The number of benzene rings is 1. The SMILES string of the molecule is Cc1cc(Cl)c2cc(F)cc(CCCN)c2n1. The minimum atomic E-state index is -0.280. The monoisotopic (exact) mass is 252 g/mol. The number of aromatic nitrogens is 1. The first kappa shape index (κ1) is 12.3. The molecular formula is C13H14ClFN2. The van der Waals surface area contributed by atoms with E-state index in [4.69, 9.17) is 17.3 Å². The number of hydrogen-bond acceptors (Lipinski definition) is 2. The Bertz CT molecular complexity index is 555. The third-order valence-electron chi connectivity index (χ3n) is 2.68. The predicted molar refractivity (Wildman–Crippen MR) is 68.8 cm³/mol. The number of rotatable bonds is 3. The summed E-state index contributed by atoms with van der Waals surface area (Å²) in [5.41, 5.74) is 7.97. The standard InChI is InChI=1S/C13H14ClFN2/c1-8-5-12(14)11-7-10(15)6-9(3-2-4-16)13(11)17-8/h5-7H,2-4,16H2,1H3. The van der Waals surface area contributed by atoms with E-state index in [0.717, 1.165) is 29.6 Å². The zero-order chi connectivity index (χ0) is 12.4.